The molecule has 1 aromatic carbocycles. The Morgan fingerprint density at radius 1 is 1.50 bits per heavy atom. The van der Waals surface area contributed by atoms with Crippen molar-refractivity contribution in [2.45, 2.75) is 39.8 Å². The molecular formula is C14H19NO3. The van der Waals surface area contributed by atoms with Crippen LogP contribution in [0.1, 0.15) is 31.9 Å². The minimum Gasteiger partial charge on any atom is -0.340 e. The van der Waals surface area contributed by atoms with Crippen molar-refractivity contribution in [1.82, 2.24) is 4.90 Å². The van der Waals surface area contributed by atoms with Crippen molar-refractivity contribution in [3.05, 3.63) is 29.3 Å². The molecular weight excluding hydrogens is 230 g/mol. The average Bonchev–Trinajstić information content (AvgIpc) is 2.76. The molecule has 4 nitrogen and oxygen atoms in total. The molecule has 0 saturated heterocycles. The summed E-state index contributed by atoms with van der Waals surface area (Å²) in [6.07, 6.45) is 0.823. The van der Waals surface area contributed by atoms with Crippen molar-refractivity contribution in [2.24, 2.45) is 0 Å². The van der Waals surface area contributed by atoms with E-state index in [-0.39, 0.29) is 11.9 Å². The highest BCUT2D eigenvalue weighted by atomic mass is 17.2. The number of rotatable bonds is 4. The molecule has 1 aliphatic rings. The molecule has 0 N–H and O–H groups in total. The van der Waals surface area contributed by atoms with E-state index in [1.54, 1.807) is 6.92 Å². The van der Waals surface area contributed by atoms with E-state index >= 15 is 0 Å². The van der Waals surface area contributed by atoms with Crippen LogP contribution in [0.3, 0.4) is 0 Å². The van der Waals surface area contributed by atoms with Gasteiger partial charge in [0.2, 0.25) is 5.91 Å². The van der Waals surface area contributed by atoms with Crippen LogP contribution in [0.15, 0.2) is 18.2 Å². The van der Waals surface area contributed by atoms with Gasteiger partial charge in [0, 0.05) is 25.1 Å². The van der Waals surface area contributed by atoms with Gasteiger partial charge in [0.1, 0.15) is 6.61 Å². The van der Waals surface area contributed by atoms with Crippen molar-refractivity contribution in [3.63, 3.8) is 0 Å². The zero-order chi connectivity index (χ0) is 13.1. The molecule has 0 aliphatic carbocycles. The summed E-state index contributed by atoms with van der Waals surface area (Å²) in [6, 6.07) is 6.27. The number of hydrogen-bond acceptors (Lipinski definition) is 3. The fraction of sp³-hybridized carbons (Fsp3) is 0.500. The lowest BCUT2D eigenvalue weighted by Crippen LogP contribution is -2.38. The minimum atomic E-state index is 0.116. The van der Waals surface area contributed by atoms with E-state index in [1.807, 2.05) is 24.0 Å². The fourth-order valence-electron chi connectivity index (χ4n) is 2.38. The molecule has 2 rings (SSSR count). The first-order valence-corrected chi connectivity index (χ1v) is 6.30. The normalized spacial score (nSPS) is 14.8. The molecule has 98 valence electrons. The molecule has 0 aromatic heterocycles. The third-order valence-corrected chi connectivity index (χ3v) is 3.30. The summed E-state index contributed by atoms with van der Waals surface area (Å²) in [5, 5.41) is 0. The molecule has 0 bridgehead atoms. The first-order chi connectivity index (χ1) is 8.61. The Kier molecular flexibility index (Phi) is 3.87. The van der Waals surface area contributed by atoms with Crippen LogP contribution in [0.25, 0.3) is 0 Å². The largest absolute Gasteiger partial charge is 0.340 e. The maximum Gasteiger partial charge on any atom is 0.219 e. The van der Waals surface area contributed by atoms with Gasteiger partial charge in [-0.1, -0.05) is 12.1 Å². The number of nitrogens with zero attached hydrogens (tertiary/aromatic N) is 1. The van der Waals surface area contributed by atoms with Crippen molar-refractivity contribution in [2.75, 3.05) is 6.54 Å². The summed E-state index contributed by atoms with van der Waals surface area (Å²) in [5.74, 6) is 0.913. The van der Waals surface area contributed by atoms with Crippen molar-refractivity contribution in [1.29, 1.82) is 0 Å². The third kappa shape index (κ3) is 2.64. The van der Waals surface area contributed by atoms with E-state index in [9.17, 15) is 4.79 Å². The van der Waals surface area contributed by atoms with Crippen LogP contribution in [0.2, 0.25) is 0 Å². The lowest BCUT2D eigenvalue weighted by molar-refractivity contribution is -0.194. The predicted octanol–water partition coefficient (Wildman–Crippen LogP) is 2.31. The second-order valence-electron chi connectivity index (χ2n) is 4.65. The summed E-state index contributed by atoms with van der Waals surface area (Å²) in [4.78, 5) is 23.3. The molecule has 0 radical (unpaired) electrons. The number of hydrogen-bond donors (Lipinski definition) is 0. The molecule has 1 amide bonds. The standard InChI is InChI=1S/C14H19NO3/c1-4-15(11(3)16)10(2)7-12-5-6-13-9-17-18-14(13)8-12/h5-6,8,10H,4,7,9H2,1-3H3. The summed E-state index contributed by atoms with van der Waals surface area (Å²) >= 11 is 0. The van der Waals surface area contributed by atoms with Crippen molar-refractivity contribution < 1.29 is 14.6 Å². The fourth-order valence-corrected chi connectivity index (χ4v) is 2.38. The molecule has 1 heterocycles. The number of fused-ring (bicyclic) bond motifs is 1. The number of amides is 1. The highest BCUT2D eigenvalue weighted by Crippen LogP contribution is 2.27. The molecule has 0 fully saturated rings. The highest BCUT2D eigenvalue weighted by molar-refractivity contribution is 5.73. The summed E-state index contributed by atoms with van der Waals surface area (Å²) in [6.45, 7) is 6.92. The van der Waals surface area contributed by atoms with E-state index in [0.29, 0.717) is 6.61 Å². The van der Waals surface area contributed by atoms with Crippen LogP contribution in [0.5, 0.6) is 5.75 Å². The first kappa shape index (κ1) is 12.9. The Balaban J connectivity index is 2.07. The van der Waals surface area contributed by atoms with Crippen LogP contribution < -0.4 is 4.89 Å². The van der Waals surface area contributed by atoms with E-state index in [2.05, 4.69) is 13.0 Å². The van der Waals surface area contributed by atoms with Gasteiger partial charge >= 0.3 is 0 Å². The Bertz CT molecular complexity index is 445. The molecule has 4 heteroatoms. The van der Waals surface area contributed by atoms with E-state index in [4.69, 9.17) is 9.78 Å². The van der Waals surface area contributed by atoms with Gasteiger partial charge < -0.3 is 9.79 Å². The highest BCUT2D eigenvalue weighted by Gasteiger charge is 2.18. The van der Waals surface area contributed by atoms with Gasteiger partial charge in [0.05, 0.1) is 0 Å². The van der Waals surface area contributed by atoms with Gasteiger partial charge in [-0.15, -0.1) is 0 Å². The average molecular weight is 249 g/mol. The molecule has 1 atom stereocenters. The van der Waals surface area contributed by atoms with Gasteiger partial charge in [-0.05, 0) is 31.9 Å². The van der Waals surface area contributed by atoms with E-state index < -0.39 is 0 Å². The maximum absolute atomic E-state index is 11.5. The monoisotopic (exact) mass is 249 g/mol. The van der Waals surface area contributed by atoms with E-state index in [0.717, 1.165) is 29.8 Å². The zero-order valence-electron chi connectivity index (χ0n) is 11.1. The third-order valence-electron chi connectivity index (χ3n) is 3.30. The van der Waals surface area contributed by atoms with Gasteiger partial charge in [-0.3, -0.25) is 4.79 Å². The summed E-state index contributed by atoms with van der Waals surface area (Å²) in [7, 11) is 0. The van der Waals surface area contributed by atoms with Crippen molar-refractivity contribution >= 4 is 5.91 Å². The second kappa shape index (κ2) is 5.40. The van der Waals surface area contributed by atoms with E-state index in [1.165, 1.54) is 0 Å². The van der Waals surface area contributed by atoms with Crippen molar-refractivity contribution in [3.8, 4) is 5.75 Å². The molecule has 0 saturated carbocycles. The quantitative estimate of drug-likeness (QED) is 0.769. The zero-order valence-corrected chi connectivity index (χ0v) is 11.1. The van der Waals surface area contributed by atoms with Crippen LogP contribution in [0, 0.1) is 0 Å². The molecule has 1 unspecified atom stereocenters. The topological polar surface area (TPSA) is 38.8 Å². The van der Waals surface area contributed by atoms with Crippen LogP contribution in [-0.4, -0.2) is 23.4 Å². The molecule has 1 aromatic rings. The van der Waals surface area contributed by atoms with Gasteiger partial charge in [0.25, 0.3) is 0 Å². The second-order valence-corrected chi connectivity index (χ2v) is 4.65. The molecule has 18 heavy (non-hydrogen) atoms. The maximum atomic E-state index is 11.5. The predicted molar refractivity (Wildman–Crippen MR) is 68.1 cm³/mol. The molecule has 0 spiro atoms. The van der Waals surface area contributed by atoms with Crippen LogP contribution >= 0.6 is 0 Å². The summed E-state index contributed by atoms with van der Waals surface area (Å²) in [5.41, 5.74) is 2.23. The lowest BCUT2D eigenvalue weighted by atomic mass is 10.0. The molecule has 1 aliphatic heterocycles. The van der Waals surface area contributed by atoms with Crippen LogP contribution in [0.4, 0.5) is 0 Å². The smallest absolute Gasteiger partial charge is 0.219 e. The Hall–Kier alpha value is -1.55. The van der Waals surface area contributed by atoms with Crippen LogP contribution in [-0.2, 0) is 22.7 Å². The number of benzene rings is 1. The SMILES string of the molecule is CCN(C(C)=O)C(C)Cc1ccc2c(c1)OOC2. The number of carbonyl (C=O) groups is 1. The minimum absolute atomic E-state index is 0.116. The van der Waals surface area contributed by atoms with Gasteiger partial charge in [-0.2, -0.15) is 4.89 Å². The van der Waals surface area contributed by atoms with Gasteiger partial charge in [0.15, 0.2) is 5.75 Å². The number of carbonyl (C=O) groups excluding carboxylic acids is 1. The first-order valence-electron chi connectivity index (χ1n) is 6.30. The van der Waals surface area contributed by atoms with Gasteiger partial charge in [-0.25, -0.2) is 0 Å². The Labute approximate surface area is 107 Å². The Morgan fingerprint density at radius 3 is 2.94 bits per heavy atom. The summed E-state index contributed by atoms with van der Waals surface area (Å²) < 4.78 is 0. The number of likely N-dealkylation sites (N-methyl/N-ethyl adjacent to an activating group) is 1. The lowest BCUT2D eigenvalue weighted by Gasteiger charge is -2.27. The Morgan fingerprint density at radius 2 is 2.28 bits per heavy atom.